The van der Waals surface area contributed by atoms with Crippen molar-refractivity contribution in [2.75, 3.05) is 10.5 Å². The molecule has 0 radical (unpaired) electrons. The molecule has 20 heavy (non-hydrogen) atoms. The fraction of sp³-hybridized carbons (Fsp3) is 0.231. The number of nitrogens with one attached hydrogen (secondary N) is 1. The van der Waals surface area contributed by atoms with Crippen molar-refractivity contribution in [2.45, 2.75) is 25.7 Å². The number of nitrogen functional groups attached to an aromatic ring is 1. The van der Waals surface area contributed by atoms with Crippen LogP contribution in [-0.2, 0) is 10.0 Å². The molecule has 3 N–H and O–H groups in total. The quantitative estimate of drug-likeness (QED) is 0.840. The van der Waals surface area contributed by atoms with Gasteiger partial charge in [0.25, 0.3) is 10.0 Å². The predicted octanol–water partition coefficient (Wildman–Crippen LogP) is 1.78. The largest absolute Gasteiger partial charge is 0.399 e. The number of aromatic nitrogens is 2. The number of sulfonamides is 1. The zero-order valence-electron chi connectivity index (χ0n) is 11.5. The Hall–Kier alpha value is -2.15. The first-order chi connectivity index (χ1) is 9.28. The van der Waals surface area contributed by atoms with Gasteiger partial charge >= 0.3 is 0 Å². The molecule has 0 saturated carbocycles. The van der Waals surface area contributed by atoms with Gasteiger partial charge < -0.3 is 5.73 Å². The highest BCUT2D eigenvalue weighted by Crippen LogP contribution is 2.20. The molecule has 0 aliphatic carbocycles. The molecule has 7 heteroatoms. The van der Waals surface area contributed by atoms with E-state index in [1.165, 1.54) is 6.07 Å². The monoisotopic (exact) mass is 292 g/mol. The van der Waals surface area contributed by atoms with Crippen molar-refractivity contribution < 1.29 is 8.42 Å². The molecular formula is C13H16N4O2S. The van der Waals surface area contributed by atoms with E-state index < -0.39 is 10.0 Å². The lowest BCUT2D eigenvalue weighted by molar-refractivity contribution is 0.600. The summed E-state index contributed by atoms with van der Waals surface area (Å²) in [6.45, 7) is 5.25. The van der Waals surface area contributed by atoms with E-state index in [4.69, 9.17) is 5.73 Å². The number of hydrogen-bond acceptors (Lipinski definition) is 5. The van der Waals surface area contributed by atoms with E-state index in [-0.39, 0.29) is 10.8 Å². The van der Waals surface area contributed by atoms with Crippen molar-refractivity contribution in [3.63, 3.8) is 0 Å². The Bertz CT molecular complexity index is 737. The summed E-state index contributed by atoms with van der Waals surface area (Å²) in [6.07, 6.45) is 0. The zero-order valence-corrected chi connectivity index (χ0v) is 12.3. The maximum Gasteiger partial charge on any atom is 0.264 e. The number of aryl methyl sites for hydroxylation is 3. The molecule has 2 aromatic rings. The van der Waals surface area contributed by atoms with Crippen LogP contribution >= 0.6 is 0 Å². The number of nitrogens with zero attached hydrogens (tertiary/aromatic N) is 2. The fourth-order valence-electron chi connectivity index (χ4n) is 1.92. The predicted molar refractivity (Wildman–Crippen MR) is 77.9 cm³/mol. The number of rotatable bonds is 3. The Kier molecular flexibility index (Phi) is 3.63. The van der Waals surface area contributed by atoms with Crippen molar-refractivity contribution in [3.05, 3.63) is 41.2 Å². The summed E-state index contributed by atoms with van der Waals surface area (Å²) in [5.74, 6) is 0.0683. The number of nitrogens with two attached hydrogens (primary N) is 1. The molecule has 0 aliphatic heterocycles. The summed E-state index contributed by atoms with van der Waals surface area (Å²) in [4.78, 5) is 8.29. The van der Waals surface area contributed by atoms with E-state index in [1.54, 1.807) is 39.0 Å². The maximum atomic E-state index is 12.3. The second kappa shape index (κ2) is 5.09. The Morgan fingerprint density at radius 2 is 1.65 bits per heavy atom. The third-order valence-corrected chi connectivity index (χ3v) is 4.18. The second-order valence-corrected chi connectivity index (χ2v) is 6.26. The van der Waals surface area contributed by atoms with Gasteiger partial charge in [0, 0.05) is 17.1 Å². The lowest BCUT2D eigenvalue weighted by Gasteiger charge is -2.10. The maximum absolute atomic E-state index is 12.3. The van der Waals surface area contributed by atoms with Crippen molar-refractivity contribution in [1.82, 2.24) is 9.97 Å². The number of anilines is 2. The highest BCUT2D eigenvalue weighted by atomic mass is 32.2. The van der Waals surface area contributed by atoms with Gasteiger partial charge in [-0.05, 0) is 50.6 Å². The molecule has 6 nitrogen and oxygen atoms in total. The Labute approximate surface area is 118 Å². The topological polar surface area (TPSA) is 98.0 Å². The first kappa shape index (κ1) is 14.3. The SMILES string of the molecule is Cc1cc(C)nc(NS(=O)(=O)c2ccc(N)cc2C)n1. The molecule has 2 rings (SSSR count). The minimum absolute atomic E-state index is 0.0683. The molecule has 0 saturated heterocycles. The molecule has 1 aromatic heterocycles. The van der Waals surface area contributed by atoms with Gasteiger partial charge in [0.1, 0.15) is 0 Å². The third kappa shape index (κ3) is 3.05. The molecule has 0 amide bonds. The van der Waals surface area contributed by atoms with Gasteiger partial charge in [0.2, 0.25) is 5.95 Å². The van der Waals surface area contributed by atoms with Gasteiger partial charge in [0.05, 0.1) is 4.90 Å². The van der Waals surface area contributed by atoms with Crippen molar-refractivity contribution >= 4 is 21.7 Å². The molecule has 0 bridgehead atoms. The van der Waals surface area contributed by atoms with Gasteiger partial charge in [0.15, 0.2) is 0 Å². The summed E-state index contributed by atoms with van der Waals surface area (Å²) in [7, 11) is -3.72. The molecule has 0 fully saturated rings. The second-order valence-electron chi connectivity index (χ2n) is 4.60. The average Bonchev–Trinajstić information content (AvgIpc) is 2.25. The smallest absolute Gasteiger partial charge is 0.264 e. The summed E-state index contributed by atoms with van der Waals surface area (Å²) < 4.78 is 27.0. The molecule has 1 heterocycles. The Morgan fingerprint density at radius 3 is 2.20 bits per heavy atom. The minimum atomic E-state index is -3.72. The first-order valence-electron chi connectivity index (χ1n) is 5.99. The summed E-state index contributed by atoms with van der Waals surface area (Å²) >= 11 is 0. The molecule has 0 unspecified atom stereocenters. The molecule has 0 spiro atoms. The van der Waals surface area contributed by atoms with Crippen molar-refractivity contribution in [3.8, 4) is 0 Å². The van der Waals surface area contributed by atoms with Crippen LogP contribution < -0.4 is 10.5 Å². The van der Waals surface area contributed by atoms with Crippen LogP contribution in [0.2, 0.25) is 0 Å². The molecule has 0 aliphatic rings. The van der Waals surface area contributed by atoms with Gasteiger partial charge in [-0.3, -0.25) is 0 Å². The Balaban J connectivity index is 2.40. The fourth-order valence-corrected chi connectivity index (χ4v) is 3.09. The lowest BCUT2D eigenvalue weighted by Crippen LogP contribution is -2.17. The van der Waals surface area contributed by atoms with E-state index >= 15 is 0 Å². The van der Waals surface area contributed by atoms with E-state index in [1.807, 2.05) is 0 Å². The van der Waals surface area contributed by atoms with Gasteiger partial charge in [-0.1, -0.05) is 0 Å². The van der Waals surface area contributed by atoms with Crippen LogP contribution in [0.1, 0.15) is 17.0 Å². The first-order valence-corrected chi connectivity index (χ1v) is 7.47. The van der Waals surface area contributed by atoms with Gasteiger partial charge in [-0.2, -0.15) is 0 Å². The molecule has 1 aromatic carbocycles. The summed E-state index contributed by atoms with van der Waals surface area (Å²) in [6, 6.07) is 6.39. The molecule has 106 valence electrons. The van der Waals surface area contributed by atoms with E-state index in [0.717, 1.165) is 0 Å². The van der Waals surface area contributed by atoms with E-state index in [2.05, 4.69) is 14.7 Å². The number of benzene rings is 1. The summed E-state index contributed by atoms with van der Waals surface area (Å²) in [5, 5.41) is 0. The van der Waals surface area contributed by atoms with Crippen LogP contribution in [0.5, 0.6) is 0 Å². The zero-order chi connectivity index (χ0) is 14.9. The van der Waals surface area contributed by atoms with E-state index in [0.29, 0.717) is 22.6 Å². The number of hydrogen-bond donors (Lipinski definition) is 2. The highest BCUT2D eigenvalue weighted by molar-refractivity contribution is 7.92. The molecular weight excluding hydrogens is 276 g/mol. The minimum Gasteiger partial charge on any atom is -0.399 e. The normalized spacial score (nSPS) is 11.3. The average molecular weight is 292 g/mol. The molecule has 0 atom stereocenters. The highest BCUT2D eigenvalue weighted by Gasteiger charge is 2.18. The van der Waals surface area contributed by atoms with Crippen LogP contribution in [0.3, 0.4) is 0 Å². The van der Waals surface area contributed by atoms with Crippen LogP contribution in [0, 0.1) is 20.8 Å². The summed E-state index contributed by atoms with van der Waals surface area (Å²) in [5.41, 5.74) is 8.11. The third-order valence-electron chi connectivity index (χ3n) is 2.70. The van der Waals surface area contributed by atoms with Crippen molar-refractivity contribution in [2.24, 2.45) is 0 Å². The van der Waals surface area contributed by atoms with Crippen LogP contribution in [-0.4, -0.2) is 18.4 Å². The standard InChI is InChI=1S/C13H16N4O2S/c1-8-6-11(14)4-5-12(8)20(18,19)17-13-15-9(2)7-10(3)16-13/h4-7H,14H2,1-3H3,(H,15,16,17). The Morgan fingerprint density at radius 1 is 1.05 bits per heavy atom. The van der Waals surface area contributed by atoms with Gasteiger partial charge in [-0.15, -0.1) is 0 Å². The van der Waals surface area contributed by atoms with Crippen molar-refractivity contribution in [1.29, 1.82) is 0 Å². The van der Waals surface area contributed by atoms with Crippen LogP contribution in [0.4, 0.5) is 11.6 Å². The van der Waals surface area contributed by atoms with Crippen LogP contribution in [0.15, 0.2) is 29.2 Å². The van der Waals surface area contributed by atoms with Gasteiger partial charge in [-0.25, -0.2) is 23.1 Å². The van der Waals surface area contributed by atoms with Crippen LogP contribution in [0.25, 0.3) is 0 Å². The lowest BCUT2D eigenvalue weighted by atomic mass is 10.2. The van der Waals surface area contributed by atoms with E-state index in [9.17, 15) is 8.42 Å².